The van der Waals surface area contributed by atoms with Crippen LogP contribution in [0.25, 0.3) is 33.6 Å². The van der Waals surface area contributed by atoms with Crippen LogP contribution in [0.1, 0.15) is 11.1 Å². The van der Waals surface area contributed by atoms with Gasteiger partial charge in [-0.2, -0.15) is 0 Å². The van der Waals surface area contributed by atoms with E-state index in [0.717, 1.165) is 40.1 Å². The summed E-state index contributed by atoms with van der Waals surface area (Å²) in [4.78, 5) is 4.95. The van der Waals surface area contributed by atoms with Crippen LogP contribution in [0.2, 0.25) is 0 Å². The number of nitrogens with zero attached hydrogens (tertiary/aromatic N) is 1. The number of aromatic hydroxyl groups is 2. The SMILES string of the molecule is Oc1ccc(-c2cc(-c3cccc(O)c3)nc3c2Cc2ccccc2-3)cc1. The highest BCUT2D eigenvalue weighted by atomic mass is 16.3. The minimum atomic E-state index is 0.224. The Hall–Kier alpha value is -3.59. The van der Waals surface area contributed by atoms with E-state index in [1.54, 1.807) is 24.3 Å². The Morgan fingerprint density at radius 2 is 1.48 bits per heavy atom. The predicted molar refractivity (Wildman–Crippen MR) is 107 cm³/mol. The first-order chi connectivity index (χ1) is 13.2. The van der Waals surface area contributed by atoms with Gasteiger partial charge in [0.25, 0.3) is 0 Å². The molecule has 0 saturated carbocycles. The molecule has 0 bridgehead atoms. The van der Waals surface area contributed by atoms with Crippen LogP contribution in [0.15, 0.2) is 78.9 Å². The van der Waals surface area contributed by atoms with Crippen LogP contribution < -0.4 is 0 Å². The Labute approximate surface area is 157 Å². The van der Waals surface area contributed by atoms with Gasteiger partial charge in [-0.1, -0.05) is 48.5 Å². The van der Waals surface area contributed by atoms with E-state index < -0.39 is 0 Å². The average molecular weight is 351 g/mol. The number of aromatic nitrogens is 1. The van der Waals surface area contributed by atoms with E-state index in [2.05, 4.69) is 24.3 Å². The van der Waals surface area contributed by atoms with Gasteiger partial charge in [-0.05, 0) is 52.6 Å². The zero-order valence-electron chi connectivity index (χ0n) is 14.6. The summed E-state index contributed by atoms with van der Waals surface area (Å²) in [7, 11) is 0. The summed E-state index contributed by atoms with van der Waals surface area (Å²) in [6.07, 6.45) is 0.842. The van der Waals surface area contributed by atoms with E-state index in [9.17, 15) is 10.2 Å². The second-order valence-corrected chi connectivity index (χ2v) is 6.81. The number of hydrogen-bond acceptors (Lipinski definition) is 3. The summed E-state index contributed by atoms with van der Waals surface area (Å²) in [5, 5.41) is 19.5. The van der Waals surface area contributed by atoms with Crippen LogP contribution >= 0.6 is 0 Å². The zero-order chi connectivity index (χ0) is 18.4. The van der Waals surface area contributed by atoms with Crippen molar-refractivity contribution in [2.24, 2.45) is 0 Å². The summed E-state index contributed by atoms with van der Waals surface area (Å²) in [6, 6.07) is 24.9. The molecule has 1 aliphatic rings. The lowest BCUT2D eigenvalue weighted by Gasteiger charge is -2.12. The van der Waals surface area contributed by atoms with Crippen molar-refractivity contribution in [1.82, 2.24) is 4.98 Å². The van der Waals surface area contributed by atoms with Crippen molar-refractivity contribution >= 4 is 0 Å². The molecule has 0 unspecified atom stereocenters. The molecule has 5 rings (SSSR count). The van der Waals surface area contributed by atoms with Crippen molar-refractivity contribution in [3.63, 3.8) is 0 Å². The summed E-state index contributed by atoms with van der Waals surface area (Å²) < 4.78 is 0. The molecule has 0 saturated heterocycles. The van der Waals surface area contributed by atoms with Gasteiger partial charge in [0, 0.05) is 17.5 Å². The minimum absolute atomic E-state index is 0.224. The molecule has 1 heterocycles. The lowest BCUT2D eigenvalue weighted by Crippen LogP contribution is -1.94. The van der Waals surface area contributed by atoms with Crippen LogP contribution in [-0.4, -0.2) is 15.2 Å². The van der Waals surface area contributed by atoms with E-state index >= 15 is 0 Å². The summed E-state index contributed by atoms with van der Waals surface area (Å²) >= 11 is 0. The van der Waals surface area contributed by atoms with Crippen LogP contribution in [0.4, 0.5) is 0 Å². The molecule has 0 amide bonds. The third-order valence-electron chi connectivity index (χ3n) is 5.08. The van der Waals surface area contributed by atoms with Crippen molar-refractivity contribution in [2.45, 2.75) is 6.42 Å². The van der Waals surface area contributed by atoms with Gasteiger partial charge in [-0.25, -0.2) is 4.98 Å². The van der Waals surface area contributed by atoms with E-state index in [4.69, 9.17) is 4.98 Å². The molecular formula is C24H17NO2. The molecule has 3 aromatic carbocycles. The van der Waals surface area contributed by atoms with Gasteiger partial charge < -0.3 is 10.2 Å². The topological polar surface area (TPSA) is 53.4 Å². The first kappa shape index (κ1) is 15.6. The van der Waals surface area contributed by atoms with Crippen LogP contribution in [0.5, 0.6) is 11.5 Å². The maximum absolute atomic E-state index is 9.89. The van der Waals surface area contributed by atoms with E-state index in [-0.39, 0.29) is 11.5 Å². The molecule has 0 radical (unpaired) electrons. The van der Waals surface area contributed by atoms with Crippen LogP contribution in [0, 0.1) is 0 Å². The van der Waals surface area contributed by atoms with Crippen molar-refractivity contribution < 1.29 is 10.2 Å². The quantitative estimate of drug-likeness (QED) is 0.448. The Kier molecular flexibility index (Phi) is 3.47. The Bertz CT molecular complexity index is 1160. The zero-order valence-corrected chi connectivity index (χ0v) is 14.6. The van der Waals surface area contributed by atoms with Gasteiger partial charge in [0.1, 0.15) is 11.5 Å². The molecule has 0 atom stereocenters. The van der Waals surface area contributed by atoms with Crippen molar-refractivity contribution in [1.29, 1.82) is 0 Å². The predicted octanol–water partition coefficient (Wildman–Crippen LogP) is 5.40. The van der Waals surface area contributed by atoms with Crippen molar-refractivity contribution in [3.8, 4) is 45.1 Å². The largest absolute Gasteiger partial charge is 0.508 e. The van der Waals surface area contributed by atoms with E-state index in [0.29, 0.717) is 0 Å². The smallest absolute Gasteiger partial charge is 0.116 e. The fourth-order valence-corrected chi connectivity index (χ4v) is 3.78. The van der Waals surface area contributed by atoms with Crippen molar-refractivity contribution in [3.05, 3.63) is 90.0 Å². The lowest BCUT2D eigenvalue weighted by atomic mass is 9.96. The number of phenolic OH excluding ortho intramolecular Hbond substituents is 2. The van der Waals surface area contributed by atoms with Gasteiger partial charge in [-0.15, -0.1) is 0 Å². The first-order valence-corrected chi connectivity index (χ1v) is 8.90. The third kappa shape index (κ3) is 2.64. The Balaban J connectivity index is 1.78. The number of rotatable bonds is 2. The van der Waals surface area contributed by atoms with Gasteiger partial charge in [0.05, 0.1) is 11.4 Å². The maximum atomic E-state index is 9.89. The normalized spacial score (nSPS) is 11.9. The number of benzene rings is 3. The van der Waals surface area contributed by atoms with Crippen molar-refractivity contribution in [2.75, 3.05) is 0 Å². The Morgan fingerprint density at radius 3 is 2.30 bits per heavy atom. The van der Waals surface area contributed by atoms with Gasteiger partial charge in [0.15, 0.2) is 0 Å². The first-order valence-electron chi connectivity index (χ1n) is 8.90. The fourth-order valence-electron chi connectivity index (χ4n) is 3.78. The standard InChI is InChI=1S/C24H17NO2/c26-18-10-8-15(9-11-18)21-14-23(17-5-3-6-19(27)12-17)25-24-20-7-2-1-4-16(20)13-22(21)24/h1-12,14,26-27H,13H2. The number of pyridine rings is 1. The second kappa shape index (κ2) is 5.99. The molecule has 0 spiro atoms. The highest BCUT2D eigenvalue weighted by molar-refractivity contribution is 5.85. The Morgan fingerprint density at radius 1 is 0.667 bits per heavy atom. The summed E-state index contributed by atoms with van der Waals surface area (Å²) in [6.45, 7) is 0. The molecule has 130 valence electrons. The molecular weight excluding hydrogens is 334 g/mol. The highest BCUT2D eigenvalue weighted by Crippen LogP contribution is 2.42. The third-order valence-corrected chi connectivity index (χ3v) is 5.08. The number of phenols is 2. The van der Waals surface area contributed by atoms with Gasteiger partial charge >= 0.3 is 0 Å². The molecule has 3 nitrogen and oxygen atoms in total. The minimum Gasteiger partial charge on any atom is -0.508 e. The lowest BCUT2D eigenvalue weighted by molar-refractivity contribution is 0.475. The maximum Gasteiger partial charge on any atom is 0.116 e. The fraction of sp³-hybridized carbons (Fsp3) is 0.0417. The van der Waals surface area contributed by atoms with Crippen LogP contribution in [-0.2, 0) is 6.42 Å². The number of fused-ring (bicyclic) bond motifs is 3. The molecule has 0 aliphatic heterocycles. The van der Waals surface area contributed by atoms with E-state index in [1.807, 2.05) is 30.3 Å². The molecule has 3 heteroatoms. The summed E-state index contributed by atoms with van der Waals surface area (Å²) in [5.41, 5.74) is 8.48. The molecule has 1 aromatic heterocycles. The van der Waals surface area contributed by atoms with E-state index in [1.165, 1.54) is 11.1 Å². The second-order valence-electron chi connectivity index (χ2n) is 6.81. The average Bonchev–Trinajstić information content (AvgIpc) is 3.07. The molecule has 2 N–H and O–H groups in total. The molecule has 1 aliphatic carbocycles. The molecule has 27 heavy (non-hydrogen) atoms. The monoisotopic (exact) mass is 351 g/mol. The molecule has 0 fully saturated rings. The number of hydrogen-bond donors (Lipinski definition) is 2. The summed E-state index contributed by atoms with van der Waals surface area (Å²) in [5.74, 6) is 0.474. The van der Waals surface area contributed by atoms with Crippen LogP contribution in [0.3, 0.4) is 0 Å². The van der Waals surface area contributed by atoms with Gasteiger partial charge in [0.2, 0.25) is 0 Å². The highest BCUT2D eigenvalue weighted by Gasteiger charge is 2.24. The van der Waals surface area contributed by atoms with Gasteiger partial charge in [-0.3, -0.25) is 0 Å². The molecule has 4 aromatic rings.